The molecule has 1 aliphatic heterocycles. The number of fused-ring (bicyclic) bond motifs is 1. The van der Waals surface area contributed by atoms with E-state index in [1.807, 2.05) is 0 Å². The molecule has 2 aliphatic rings. The van der Waals surface area contributed by atoms with E-state index in [1.54, 1.807) is 0 Å². The summed E-state index contributed by atoms with van der Waals surface area (Å²) in [5.41, 5.74) is 0. The minimum atomic E-state index is 1.07. The van der Waals surface area contributed by atoms with Crippen LogP contribution in [-0.2, 0) is 0 Å². The Morgan fingerprint density at radius 2 is 1.64 bits per heavy atom. The molecule has 0 aromatic heterocycles. The summed E-state index contributed by atoms with van der Waals surface area (Å²) in [5.74, 6) is 2.15. The van der Waals surface area contributed by atoms with Gasteiger partial charge in [-0.15, -0.1) is 0 Å². The summed E-state index contributed by atoms with van der Waals surface area (Å²) < 4.78 is 0. The average Bonchev–Trinajstić information content (AvgIpc) is 2.46. The molecule has 2 rings (SSSR count). The lowest BCUT2D eigenvalue weighted by Gasteiger charge is -2.23. The second kappa shape index (κ2) is 3.14. The third kappa shape index (κ3) is 1.44. The molecule has 1 heteroatoms. The molecule has 1 saturated heterocycles. The quantitative estimate of drug-likeness (QED) is 0.558. The Bertz CT molecular complexity index is 119. The van der Waals surface area contributed by atoms with Crippen LogP contribution in [0.5, 0.6) is 0 Å². The molecular weight excluding hydrogens is 134 g/mol. The van der Waals surface area contributed by atoms with Gasteiger partial charge in [0.05, 0.1) is 0 Å². The van der Waals surface area contributed by atoms with Crippen molar-refractivity contribution in [1.82, 2.24) is 4.90 Å². The summed E-state index contributed by atoms with van der Waals surface area (Å²) in [4.78, 5) is 2.63. The van der Waals surface area contributed by atoms with Crippen LogP contribution in [0.4, 0.5) is 0 Å². The molecule has 1 unspecified atom stereocenters. The Kier molecular flexibility index (Phi) is 2.17. The van der Waals surface area contributed by atoms with Crippen molar-refractivity contribution in [2.45, 2.75) is 32.6 Å². The molecule has 0 aromatic carbocycles. The van der Waals surface area contributed by atoms with Gasteiger partial charge in [0.1, 0.15) is 0 Å². The predicted octanol–water partition coefficient (Wildman–Crippen LogP) is 2.13. The van der Waals surface area contributed by atoms with Crippen molar-refractivity contribution in [3.8, 4) is 0 Å². The van der Waals surface area contributed by atoms with Gasteiger partial charge in [0.2, 0.25) is 0 Å². The SMILES string of the molecule is CCN1CC2CCCC[C@@H]2C1. The third-order valence-electron chi connectivity index (χ3n) is 3.50. The molecule has 1 heterocycles. The van der Waals surface area contributed by atoms with Crippen LogP contribution in [0.3, 0.4) is 0 Å². The highest BCUT2D eigenvalue weighted by molar-refractivity contribution is 4.85. The highest BCUT2D eigenvalue weighted by Crippen LogP contribution is 2.35. The lowest BCUT2D eigenvalue weighted by atomic mass is 9.82. The molecule has 0 aromatic rings. The summed E-state index contributed by atoms with van der Waals surface area (Å²) in [7, 11) is 0. The average molecular weight is 153 g/mol. The van der Waals surface area contributed by atoms with E-state index >= 15 is 0 Å². The van der Waals surface area contributed by atoms with Gasteiger partial charge < -0.3 is 4.90 Å². The van der Waals surface area contributed by atoms with Gasteiger partial charge in [-0.05, 0) is 31.2 Å². The Morgan fingerprint density at radius 3 is 2.09 bits per heavy atom. The zero-order valence-corrected chi connectivity index (χ0v) is 7.55. The fraction of sp³-hybridized carbons (Fsp3) is 1.00. The predicted molar refractivity (Wildman–Crippen MR) is 47.6 cm³/mol. The van der Waals surface area contributed by atoms with Crippen LogP contribution in [0.25, 0.3) is 0 Å². The third-order valence-corrected chi connectivity index (χ3v) is 3.50. The molecule has 2 fully saturated rings. The molecule has 1 aliphatic carbocycles. The van der Waals surface area contributed by atoms with Gasteiger partial charge >= 0.3 is 0 Å². The summed E-state index contributed by atoms with van der Waals surface area (Å²) in [6.07, 6.45) is 6.03. The highest BCUT2D eigenvalue weighted by atomic mass is 15.1. The fourth-order valence-corrected chi connectivity index (χ4v) is 2.76. The maximum Gasteiger partial charge on any atom is 0.00128 e. The van der Waals surface area contributed by atoms with E-state index in [-0.39, 0.29) is 0 Å². The first-order chi connectivity index (χ1) is 5.40. The summed E-state index contributed by atoms with van der Waals surface area (Å²) in [6, 6.07) is 0. The maximum absolute atomic E-state index is 2.63. The van der Waals surface area contributed by atoms with Crippen LogP contribution in [0, 0.1) is 11.8 Å². The normalized spacial score (nSPS) is 39.0. The summed E-state index contributed by atoms with van der Waals surface area (Å²) >= 11 is 0. The Morgan fingerprint density at radius 1 is 1.09 bits per heavy atom. The van der Waals surface area contributed by atoms with Crippen LogP contribution >= 0.6 is 0 Å². The minimum absolute atomic E-state index is 1.07. The zero-order valence-electron chi connectivity index (χ0n) is 7.55. The molecule has 1 nitrogen and oxygen atoms in total. The van der Waals surface area contributed by atoms with Gasteiger partial charge in [0.25, 0.3) is 0 Å². The van der Waals surface area contributed by atoms with E-state index in [1.165, 1.54) is 45.3 Å². The van der Waals surface area contributed by atoms with Crippen molar-refractivity contribution in [2.24, 2.45) is 11.8 Å². The van der Waals surface area contributed by atoms with Crippen LogP contribution < -0.4 is 0 Å². The van der Waals surface area contributed by atoms with Crippen LogP contribution in [0.1, 0.15) is 32.6 Å². The molecule has 2 atom stereocenters. The van der Waals surface area contributed by atoms with Crippen molar-refractivity contribution in [3.63, 3.8) is 0 Å². The van der Waals surface area contributed by atoms with E-state index in [0.29, 0.717) is 0 Å². The van der Waals surface area contributed by atoms with Crippen LogP contribution in [0.2, 0.25) is 0 Å². The summed E-state index contributed by atoms with van der Waals surface area (Å²) in [5, 5.41) is 0. The lowest BCUT2D eigenvalue weighted by molar-refractivity contribution is 0.299. The van der Waals surface area contributed by atoms with Gasteiger partial charge in [-0.3, -0.25) is 0 Å². The van der Waals surface area contributed by atoms with E-state index in [4.69, 9.17) is 0 Å². The van der Waals surface area contributed by atoms with E-state index in [9.17, 15) is 0 Å². The zero-order chi connectivity index (χ0) is 7.68. The largest absolute Gasteiger partial charge is 0.303 e. The minimum Gasteiger partial charge on any atom is -0.303 e. The van der Waals surface area contributed by atoms with Crippen molar-refractivity contribution < 1.29 is 0 Å². The molecule has 11 heavy (non-hydrogen) atoms. The first kappa shape index (κ1) is 7.60. The van der Waals surface area contributed by atoms with Gasteiger partial charge in [-0.25, -0.2) is 0 Å². The van der Waals surface area contributed by atoms with Crippen molar-refractivity contribution in [1.29, 1.82) is 0 Å². The molecular formula is C10H19N. The van der Waals surface area contributed by atoms with Gasteiger partial charge in [0.15, 0.2) is 0 Å². The topological polar surface area (TPSA) is 3.24 Å². The smallest absolute Gasteiger partial charge is 0.00128 e. The Labute approximate surface area is 69.8 Å². The maximum atomic E-state index is 2.63. The van der Waals surface area contributed by atoms with Crippen LogP contribution in [-0.4, -0.2) is 24.5 Å². The fourth-order valence-electron chi connectivity index (χ4n) is 2.76. The molecule has 0 amide bonds. The van der Waals surface area contributed by atoms with Gasteiger partial charge in [0, 0.05) is 13.1 Å². The second-order valence-corrected chi connectivity index (χ2v) is 4.16. The molecule has 0 radical (unpaired) electrons. The summed E-state index contributed by atoms with van der Waals surface area (Å²) in [6.45, 7) is 6.37. The number of nitrogens with zero attached hydrogens (tertiary/aromatic N) is 1. The van der Waals surface area contributed by atoms with Crippen molar-refractivity contribution in [3.05, 3.63) is 0 Å². The van der Waals surface area contributed by atoms with Gasteiger partial charge in [-0.1, -0.05) is 19.8 Å². The van der Waals surface area contributed by atoms with Crippen molar-refractivity contribution in [2.75, 3.05) is 19.6 Å². The molecule has 0 N–H and O–H groups in total. The number of hydrogen-bond acceptors (Lipinski definition) is 1. The molecule has 0 spiro atoms. The standard InChI is InChI=1S/C10H19N/c1-2-11-7-9-5-3-4-6-10(9)8-11/h9-10H,2-8H2,1H3/t9-,10?/m1/s1. The second-order valence-electron chi connectivity index (χ2n) is 4.16. The van der Waals surface area contributed by atoms with Gasteiger partial charge in [-0.2, -0.15) is 0 Å². The first-order valence-electron chi connectivity index (χ1n) is 5.12. The molecule has 0 bridgehead atoms. The van der Waals surface area contributed by atoms with E-state index in [2.05, 4.69) is 11.8 Å². The monoisotopic (exact) mass is 153 g/mol. The number of rotatable bonds is 1. The Balaban J connectivity index is 1.92. The molecule has 1 saturated carbocycles. The van der Waals surface area contributed by atoms with E-state index < -0.39 is 0 Å². The molecule has 64 valence electrons. The highest BCUT2D eigenvalue weighted by Gasteiger charge is 2.33. The lowest BCUT2D eigenvalue weighted by Crippen LogP contribution is -2.19. The number of likely N-dealkylation sites (tertiary alicyclic amines) is 1. The Hall–Kier alpha value is -0.0400. The van der Waals surface area contributed by atoms with E-state index in [0.717, 1.165) is 11.8 Å². The van der Waals surface area contributed by atoms with Crippen molar-refractivity contribution >= 4 is 0 Å². The first-order valence-corrected chi connectivity index (χ1v) is 5.12. The number of hydrogen-bond donors (Lipinski definition) is 0. The van der Waals surface area contributed by atoms with Crippen LogP contribution in [0.15, 0.2) is 0 Å².